The molecule has 3 N–H and O–H groups in total. The molecule has 0 saturated heterocycles. The van der Waals surface area contributed by atoms with Crippen molar-refractivity contribution < 1.29 is 4.79 Å². The topological polar surface area (TPSA) is 156 Å². The Labute approximate surface area is 152 Å². The molecule has 0 bridgehead atoms. The molecule has 0 amide bonds. The van der Waals surface area contributed by atoms with Gasteiger partial charge in [0.15, 0.2) is 17.0 Å². The second kappa shape index (κ2) is 5.80. The molecule has 2 aromatic heterocycles. The van der Waals surface area contributed by atoms with Crippen molar-refractivity contribution in [3.05, 3.63) is 32.7 Å². The van der Waals surface area contributed by atoms with E-state index in [9.17, 15) is 20.6 Å². The second-order valence-corrected chi connectivity index (χ2v) is 7.76. The summed E-state index contributed by atoms with van der Waals surface area (Å²) in [5.41, 5.74) is 5.43. The zero-order valence-corrected chi connectivity index (χ0v) is 14.9. The van der Waals surface area contributed by atoms with Gasteiger partial charge in [-0.2, -0.15) is 20.9 Å². The molecule has 0 atom stereocenters. The fraction of sp³-hybridized carbons (Fsp3) is 0.294. The van der Waals surface area contributed by atoms with Crippen LogP contribution in [0.25, 0.3) is 5.00 Å². The van der Waals surface area contributed by atoms with E-state index in [0.717, 1.165) is 16.0 Å². The number of thiophene rings is 1. The average Bonchev–Trinajstić information content (AvgIpc) is 2.92. The summed E-state index contributed by atoms with van der Waals surface area (Å²) in [5, 5.41) is 40.6. The van der Waals surface area contributed by atoms with E-state index < -0.39 is 0 Å². The first-order chi connectivity index (χ1) is 12.2. The molecule has 0 aliphatic heterocycles. The van der Waals surface area contributed by atoms with Crippen LogP contribution in [0.2, 0.25) is 0 Å². The zero-order chi connectivity index (χ0) is 19.2. The maximum Gasteiger partial charge on any atom is 0.185 e. The predicted octanol–water partition coefficient (Wildman–Crippen LogP) is 1.77. The molecule has 1 aliphatic carbocycles. The molecule has 3 rings (SSSR count). The Morgan fingerprint density at radius 3 is 2.42 bits per heavy atom. The molecule has 26 heavy (non-hydrogen) atoms. The Balaban J connectivity index is 2.37. The number of aromatic nitrogens is 2. The highest BCUT2D eigenvalue weighted by Crippen LogP contribution is 2.42. The number of hydrogen-bond donors (Lipinski definition) is 2. The number of ketones is 1. The Morgan fingerprint density at radius 1 is 1.19 bits per heavy atom. The molecule has 128 valence electrons. The summed E-state index contributed by atoms with van der Waals surface area (Å²) in [4.78, 5) is 13.0. The van der Waals surface area contributed by atoms with Crippen LogP contribution in [0.15, 0.2) is 0 Å². The number of carbonyl (C=O) groups excluding carboxylic acids is 1. The van der Waals surface area contributed by atoms with Crippen molar-refractivity contribution in [2.24, 2.45) is 5.41 Å². The van der Waals surface area contributed by atoms with E-state index in [0.29, 0.717) is 23.3 Å². The molecule has 9 heteroatoms. The monoisotopic (exact) mass is 363 g/mol. The van der Waals surface area contributed by atoms with Gasteiger partial charge in [0, 0.05) is 6.42 Å². The Kier molecular flexibility index (Phi) is 3.87. The number of carbonyl (C=O) groups is 1. The van der Waals surface area contributed by atoms with Crippen molar-refractivity contribution >= 4 is 22.8 Å². The lowest BCUT2D eigenvalue weighted by molar-refractivity contribution is 0.0917. The van der Waals surface area contributed by atoms with Gasteiger partial charge in [0.2, 0.25) is 0 Å². The number of nitriles is 3. The van der Waals surface area contributed by atoms with Crippen LogP contribution < -0.4 is 11.2 Å². The van der Waals surface area contributed by atoms with E-state index in [2.05, 4.69) is 11.2 Å². The minimum atomic E-state index is -0.328. The van der Waals surface area contributed by atoms with Crippen molar-refractivity contribution in [2.75, 3.05) is 5.73 Å². The maximum atomic E-state index is 12.5. The SMILES string of the molecule is CC1(C)CC(=O)c2sc(-n3nc(C#N)c(N)c(C#N)c3=N)c(C#N)c2C1. The largest absolute Gasteiger partial charge is 0.395 e. The van der Waals surface area contributed by atoms with Gasteiger partial charge in [0.1, 0.15) is 28.8 Å². The minimum Gasteiger partial charge on any atom is -0.395 e. The summed E-state index contributed by atoms with van der Waals surface area (Å²) in [5.74, 6) is -0.0624. The van der Waals surface area contributed by atoms with Crippen LogP contribution in [0.1, 0.15) is 52.3 Å². The van der Waals surface area contributed by atoms with Crippen molar-refractivity contribution in [2.45, 2.75) is 26.7 Å². The number of nitrogens with zero attached hydrogens (tertiary/aromatic N) is 5. The van der Waals surface area contributed by atoms with Crippen molar-refractivity contribution in [3.8, 4) is 23.2 Å². The number of nitrogen functional groups attached to an aromatic ring is 1. The van der Waals surface area contributed by atoms with Crippen LogP contribution in [0.5, 0.6) is 0 Å². The lowest BCUT2D eigenvalue weighted by Crippen LogP contribution is -2.27. The molecular formula is C17H13N7OS. The summed E-state index contributed by atoms with van der Waals surface area (Å²) in [6, 6.07) is 5.69. The van der Waals surface area contributed by atoms with E-state index >= 15 is 0 Å². The van der Waals surface area contributed by atoms with E-state index in [1.165, 1.54) is 0 Å². The van der Waals surface area contributed by atoms with Crippen LogP contribution in [0.3, 0.4) is 0 Å². The minimum absolute atomic E-state index is 0.0624. The van der Waals surface area contributed by atoms with Crippen molar-refractivity contribution in [1.82, 2.24) is 9.78 Å². The highest BCUT2D eigenvalue weighted by molar-refractivity contribution is 7.17. The van der Waals surface area contributed by atoms with Gasteiger partial charge >= 0.3 is 0 Å². The van der Waals surface area contributed by atoms with E-state index in [-0.39, 0.29) is 44.2 Å². The third-order valence-corrected chi connectivity index (χ3v) is 5.48. The fourth-order valence-corrected chi connectivity index (χ4v) is 4.23. The summed E-state index contributed by atoms with van der Waals surface area (Å²) in [6.07, 6.45) is 0.915. The van der Waals surface area contributed by atoms with E-state index in [4.69, 9.17) is 11.1 Å². The standard InChI is InChI=1S/C17H13N7OS/c1-17(2)3-8-9(5-18)16(26-14(8)12(25)4-17)24-15(22)10(6-19)13(21)11(7-20)23-24/h22H,3-4,21H2,1-2H3. The molecule has 0 radical (unpaired) electrons. The maximum absolute atomic E-state index is 12.5. The van der Waals surface area contributed by atoms with Gasteiger partial charge in [-0.25, -0.2) is 4.68 Å². The molecule has 0 saturated carbocycles. The summed E-state index contributed by atoms with van der Waals surface area (Å²) >= 11 is 1.06. The van der Waals surface area contributed by atoms with Gasteiger partial charge in [-0.15, -0.1) is 11.3 Å². The molecule has 2 aromatic rings. The number of Topliss-reactive ketones (excluding diaryl/α,β-unsaturated/α-hetero) is 1. The smallest absolute Gasteiger partial charge is 0.185 e. The first-order valence-electron chi connectivity index (χ1n) is 7.61. The fourth-order valence-electron chi connectivity index (χ4n) is 3.06. The Morgan fingerprint density at radius 2 is 1.85 bits per heavy atom. The molecule has 2 heterocycles. The predicted molar refractivity (Wildman–Crippen MR) is 92.3 cm³/mol. The zero-order valence-electron chi connectivity index (χ0n) is 14.0. The molecular weight excluding hydrogens is 350 g/mol. The number of fused-ring (bicyclic) bond motifs is 1. The van der Waals surface area contributed by atoms with Crippen molar-refractivity contribution in [1.29, 1.82) is 21.2 Å². The van der Waals surface area contributed by atoms with Gasteiger partial charge < -0.3 is 5.73 Å². The van der Waals surface area contributed by atoms with Crippen LogP contribution in [0.4, 0.5) is 5.69 Å². The number of rotatable bonds is 1. The van der Waals surface area contributed by atoms with Crippen LogP contribution in [-0.4, -0.2) is 15.6 Å². The highest BCUT2D eigenvalue weighted by Gasteiger charge is 2.36. The average molecular weight is 363 g/mol. The number of nitrogens with one attached hydrogen (secondary N) is 1. The van der Waals surface area contributed by atoms with Gasteiger partial charge in [-0.05, 0) is 17.4 Å². The third-order valence-electron chi connectivity index (χ3n) is 4.23. The molecule has 0 fully saturated rings. The number of nitrogens with two attached hydrogens (primary N) is 1. The van der Waals surface area contributed by atoms with Gasteiger partial charge in [0.25, 0.3) is 0 Å². The van der Waals surface area contributed by atoms with Crippen LogP contribution >= 0.6 is 11.3 Å². The normalized spacial score (nSPS) is 14.8. The lowest BCUT2D eigenvalue weighted by Gasteiger charge is -2.28. The summed E-state index contributed by atoms with van der Waals surface area (Å²) < 4.78 is 1.05. The Bertz CT molecular complexity index is 1150. The van der Waals surface area contributed by atoms with E-state index in [1.807, 2.05) is 13.8 Å². The molecule has 0 aromatic carbocycles. The van der Waals surface area contributed by atoms with Crippen LogP contribution in [0, 0.1) is 44.8 Å². The number of hydrogen-bond acceptors (Lipinski definition) is 8. The highest BCUT2D eigenvalue weighted by atomic mass is 32.1. The third kappa shape index (κ3) is 2.45. The second-order valence-electron chi connectivity index (χ2n) is 6.76. The first kappa shape index (κ1) is 17.3. The van der Waals surface area contributed by atoms with E-state index in [1.54, 1.807) is 12.1 Å². The van der Waals surface area contributed by atoms with Crippen molar-refractivity contribution in [3.63, 3.8) is 0 Å². The van der Waals surface area contributed by atoms with Gasteiger partial charge in [0.05, 0.1) is 16.1 Å². The van der Waals surface area contributed by atoms with Gasteiger partial charge in [-0.1, -0.05) is 13.8 Å². The number of anilines is 1. The molecule has 0 spiro atoms. The molecule has 0 unspecified atom stereocenters. The Hall–Kier alpha value is -3.48. The lowest BCUT2D eigenvalue weighted by atomic mass is 9.75. The quantitative estimate of drug-likeness (QED) is 0.786. The summed E-state index contributed by atoms with van der Waals surface area (Å²) in [7, 11) is 0. The van der Waals surface area contributed by atoms with Gasteiger partial charge in [-0.3, -0.25) is 10.2 Å². The summed E-state index contributed by atoms with van der Waals surface area (Å²) in [6.45, 7) is 3.91. The van der Waals surface area contributed by atoms with Crippen LogP contribution in [-0.2, 0) is 6.42 Å². The first-order valence-corrected chi connectivity index (χ1v) is 8.42. The molecule has 8 nitrogen and oxygen atoms in total. The molecule has 1 aliphatic rings.